The fourth-order valence-electron chi connectivity index (χ4n) is 7.06. The van der Waals surface area contributed by atoms with Crippen LogP contribution in [0.2, 0.25) is 0 Å². The van der Waals surface area contributed by atoms with Gasteiger partial charge in [0.05, 0.1) is 12.6 Å². The van der Waals surface area contributed by atoms with Crippen LogP contribution < -0.4 is 0 Å². The molecular weight excluding hydrogens is 354 g/mol. The minimum Gasteiger partial charge on any atom is -0.393 e. The molecule has 4 rings (SSSR count). The number of likely N-dealkylation sites (N-methyl/N-ethyl adjacent to an activating group) is 1. The second-order valence-corrected chi connectivity index (χ2v) is 9.62. The Hall–Kier alpha value is -1.30. The van der Waals surface area contributed by atoms with Crippen LogP contribution in [0.15, 0.2) is 23.8 Å². The molecule has 0 spiro atoms. The number of aliphatic hydroxyl groups is 2. The summed E-state index contributed by atoms with van der Waals surface area (Å²) < 4.78 is 45.4. The normalized spacial score (nSPS) is 51.5. The van der Waals surface area contributed by atoms with E-state index in [0.717, 1.165) is 5.57 Å². The molecular formula is C23H33NO4. The highest BCUT2D eigenvalue weighted by Crippen LogP contribution is 2.67. The summed E-state index contributed by atoms with van der Waals surface area (Å²) >= 11 is 0. The smallest absolute Gasteiger partial charge is 0.178 e. The number of fused-ring (bicyclic) bond motifs is 5. The Kier molecular flexibility index (Phi) is 3.14. The lowest BCUT2D eigenvalue weighted by Crippen LogP contribution is -2.62. The largest absolute Gasteiger partial charge is 0.393 e. The minimum atomic E-state index is -3.03. The number of carbonyl (C=O) groups is 2. The van der Waals surface area contributed by atoms with E-state index in [4.69, 9.17) is 8.22 Å². The van der Waals surface area contributed by atoms with Crippen LogP contribution in [0.3, 0.4) is 0 Å². The molecule has 0 bridgehead atoms. The molecule has 2 N–H and O–H groups in total. The van der Waals surface area contributed by atoms with Crippen molar-refractivity contribution in [3.8, 4) is 0 Å². The second kappa shape index (κ2) is 6.35. The molecule has 0 unspecified atom stereocenters. The lowest BCUT2D eigenvalue weighted by molar-refractivity contribution is -0.177. The van der Waals surface area contributed by atoms with E-state index in [0.29, 0.717) is 19.3 Å². The van der Waals surface area contributed by atoms with E-state index in [1.807, 2.05) is 13.0 Å². The van der Waals surface area contributed by atoms with Crippen molar-refractivity contribution in [1.29, 1.82) is 0 Å². The molecule has 4 aliphatic carbocycles. The van der Waals surface area contributed by atoms with Crippen LogP contribution in [-0.2, 0) is 9.59 Å². The summed E-state index contributed by atoms with van der Waals surface area (Å²) in [6, 6.07) is 0. The molecule has 0 aromatic heterocycles. The summed E-state index contributed by atoms with van der Waals surface area (Å²) in [4.78, 5) is 25.5. The molecule has 28 heavy (non-hydrogen) atoms. The van der Waals surface area contributed by atoms with Crippen LogP contribution in [0.5, 0.6) is 0 Å². The Labute approximate surface area is 175 Å². The van der Waals surface area contributed by atoms with Crippen molar-refractivity contribution in [3.05, 3.63) is 23.8 Å². The number of ketones is 2. The predicted molar refractivity (Wildman–Crippen MR) is 107 cm³/mol. The summed E-state index contributed by atoms with van der Waals surface area (Å²) in [6.07, 6.45) is 6.37. The summed E-state index contributed by atoms with van der Waals surface area (Å²) in [5, 5.41) is 23.1. The van der Waals surface area contributed by atoms with Gasteiger partial charge in [0, 0.05) is 25.0 Å². The Morgan fingerprint density at radius 3 is 2.82 bits per heavy atom. The number of hydrogen-bond acceptors (Lipinski definition) is 5. The van der Waals surface area contributed by atoms with E-state index in [9.17, 15) is 19.8 Å². The Morgan fingerprint density at radius 1 is 1.36 bits per heavy atom. The number of rotatable bonds is 3. The highest BCUT2D eigenvalue weighted by atomic mass is 16.3. The molecule has 3 fully saturated rings. The molecule has 0 heterocycles. The van der Waals surface area contributed by atoms with Crippen LogP contribution in [0.1, 0.15) is 54.2 Å². The summed E-state index contributed by atoms with van der Waals surface area (Å²) in [7, 11) is 0. The number of allylic oxidation sites excluding steroid dienone is 4. The Balaban J connectivity index is 1.65. The highest BCUT2D eigenvalue weighted by Gasteiger charge is 2.67. The standard InChI is InChI=1S/C23H33NO4/c1-21-9-7-15(25)11-14(21)5-6-16-17-8-10-23(28,19(27)13-24(3)4)22(17,2)12-18(26)20(16)21/h7,9,11,16-18,20,26,28H,5-6,8,10,12-13H2,1-4H3/t16-,17-,18-,20+,21-,22-,23-/m0/s1/i3D3,4D3. The first-order chi connectivity index (χ1) is 15.4. The topological polar surface area (TPSA) is 77.8 Å². The van der Waals surface area contributed by atoms with Crippen LogP contribution in [-0.4, -0.2) is 58.9 Å². The lowest BCUT2D eigenvalue weighted by atomic mass is 9.46. The van der Waals surface area contributed by atoms with E-state index in [-0.39, 0.29) is 41.3 Å². The van der Waals surface area contributed by atoms with Crippen molar-refractivity contribution >= 4 is 11.6 Å². The quantitative estimate of drug-likeness (QED) is 0.768. The van der Waals surface area contributed by atoms with Gasteiger partial charge in [0.2, 0.25) is 0 Å². The SMILES string of the molecule is [2H]C([2H])([2H])N(CC(=O)[C@@]1(O)CC[C@H]2[C@@H]3CCC4=CC(=O)C=C[C@]4(C)[C@H]3[C@@H](O)C[C@@]21C)C([2H])([2H])[2H]. The van der Waals surface area contributed by atoms with E-state index in [2.05, 4.69) is 0 Å². The molecule has 0 saturated heterocycles. The van der Waals surface area contributed by atoms with Gasteiger partial charge < -0.3 is 15.1 Å². The lowest BCUT2D eigenvalue weighted by Gasteiger charge is -2.59. The maximum atomic E-state index is 13.4. The van der Waals surface area contributed by atoms with E-state index in [1.165, 1.54) is 0 Å². The highest BCUT2D eigenvalue weighted by molar-refractivity contribution is 6.01. The fourth-order valence-corrected chi connectivity index (χ4v) is 7.06. The van der Waals surface area contributed by atoms with Crippen molar-refractivity contribution in [1.82, 2.24) is 4.90 Å². The summed E-state index contributed by atoms with van der Waals surface area (Å²) in [5.41, 5.74) is -2.44. The molecule has 0 radical (unpaired) electrons. The first-order valence-electron chi connectivity index (χ1n) is 13.1. The Morgan fingerprint density at radius 2 is 2.11 bits per heavy atom. The molecule has 0 aromatic rings. The second-order valence-electron chi connectivity index (χ2n) is 9.62. The summed E-state index contributed by atoms with van der Waals surface area (Å²) in [6.45, 7) is -3.19. The minimum absolute atomic E-state index is 0.00286. The molecule has 0 aliphatic heterocycles. The van der Waals surface area contributed by atoms with E-state index < -0.39 is 48.8 Å². The van der Waals surface area contributed by atoms with Gasteiger partial charge in [-0.2, -0.15) is 0 Å². The maximum Gasteiger partial charge on any atom is 0.178 e. The molecule has 7 atom stereocenters. The predicted octanol–water partition coefficient (Wildman–Crippen LogP) is 2.13. The van der Waals surface area contributed by atoms with Gasteiger partial charge in [0.1, 0.15) is 5.60 Å². The molecule has 0 amide bonds. The van der Waals surface area contributed by atoms with Crippen molar-refractivity contribution in [2.75, 3.05) is 20.5 Å². The van der Waals surface area contributed by atoms with Crippen molar-refractivity contribution in [2.24, 2.45) is 28.6 Å². The van der Waals surface area contributed by atoms with Crippen molar-refractivity contribution < 1.29 is 28.0 Å². The van der Waals surface area contributed by atoms with Crippen LogP contribution in [0.25, 0.3) is 0 Å². The van der Waals surface area contributed by atoms with Gasteiger partial charge in [-0.3, -0.25) is 9.59 Å². The number of Topliss-reactive ketones (excluding diaryl/α,β-unsaturated/α-hetero) is 1. The first-order valence-corrected chi connectivity index (χ1v) is 10.1. The summed E-state index contributed by atoms with van der Waals surface area (Å²) in [5.74, 6) is -1.17. The average molecular weight is 394 g/mol. The van der Waals surface area contributed by atoms with Crippen molar-refractivity contribution in [2.45, 2.75) is 57.7 Å². The zero-order valence-corrected chi connectivity index (χ0v) is 16.4. The average Bonchev–Trinajstić information content (AvgIpc) is 2.96. The third-order valence-electron chi connectivity index (χ3n) is 8.41. The zero-order valence-electron chi connectivity index (χ0n) is 22.4. The van der Waals surface area contributed by atoms with Crippen LogP contribution in [0, 0.1) is 28.6 Å². The molecule has 154 valence electrons. The first kappa shape index (κ1) is 13.8. The third-order valence-corrected chi connectivity index (χ3v) is 8.41. The van der Waals surface area contributed by atoms with Gasteiger partial charge in [0.15, 0.2) is 11.6 Å². The molecule has 4 aliphatic rings. The van der Waals surface area contributed by atoms with E-state index in [1.54, 1.807) is 19.1 Å². The van der Waals surface area contributed by atoms with Gasteiger partial charge >= 0.3 is 0 Å². The number of aliphatic hydroxyl groups excluding tert-OH is 1. The molecule has 5 heteroatoms. The van der Waals surface area contributed by atoms with Gasteiger partial charge in [-0.25, -0.2) is 0 Å². The zero-order chi connectivity index (χ0) is 25.5. The monoisotopic (exact) mass is 393 g/mol. The van der Waals surface area contributed by atoms with Crippen molar-refractivity contribution in [3.63, 3.8) is 0 Å². The van der Waals surface area contributed by atoms with Gasteiger partial charge in [0.25, 0.3) is 0 Å². The molecule has 0 aromatic carbocycles. The van der Waals surface area contributed by atoms with Crippen LogP contribution >= 0.6 is 0 Å². The van der Waals surface area contributed by atoms with Gasteiger partial charge in [-0.1, -0.05) is 25.5 Å². The van der Waals surface area contributed by atoms with E-state index >= 15 is 0 Å². The number of nitrogens with zero attached hydrogens (tertiary/aromatic N) is 1. The molecule has 5 nitrogen and oxygen atoms in total. The maximum absolute atomic E-state index is 13.4. The fraction of sp³-hybridized carbons (Fsp3) is 0.739. The molecule has 3 saturated carbocycles. The van der Waals surface area contributed by atoms with Gasteiger partial charge in [-0.15, -0.1) is 0 Å². The number of hydrogen-bond donors (Lipinski definition) is 2. The van der Waals surface area contributed by atoms with Crippen LogP contribution in [0.4, 0.5) is 0 Å². The van der Waals surface area contributed by atoms with Gasteiger partial charge in [-0.05, 0) is 70.0 Å². The third kappa shape index (κ3) is 2.55. The number of carbonyl (C=O) groups excluding carboxylic acids is 2. The Bertz CT molecular complexity index is 944.